The number of rotatable bonds is 2. The molecule has 3 aromatic rings. The van der Waals surface area contributed by atoms with Gasteiger partial charge in [0.25, 0.3) is 0 Å². The van der Waals surface area contributed by atoms with Crippen LogP contribution in [0.5, 0.6) is 0 Å². The molecule has 0 spiro atoms. The molecule has 0 saturated carbocycles. The minimum atomic E-state index is 0.265. The lowest BCUT2D eigenvalue weighted by Gasteiger charge is -1.93. The number of benzene rings is 1. The van der Waals surface area contributed by atoms with E-state index in [4.69, 9.17) is 11.6 Å². The van der Waals surface area contributed by atoms with Gasteiger partial charge in [0, 0.05) is 0 Å². The molecule has 2 heterocycles. The van der Waals surface area contributed by atoms with Crippen LogP contribution in [0.25, 0.3) is 11.2 Å². The van der Waals surface area contributed by atoms with E-state index in [9.17, 15) is 0 Å². The van der Waals surface area contributed by atoms with Gasteiger partial charge in [-0.2, -0.15) is 5.10 Å². The molecule has 1 aromatic carbocycles. The fourth-order valence-electron chi connectivity index (χ4n) is 1.45. The van der Waals surface area contributed by atoms with Crippen LogP contribution >= 0.6 is 11.6 Å². The third kappa shape index (κ3) is 1.93. The molecule has 0 bridgehead atoms. The van der Waals surface area contributed by atoms with E-state index >= 15 is 0 Å². The first-order valence-electron chi connectivity index (χ1n) is 5.16. The molecule has 0 aliphatic rings. The van der Waals surface area contributed by atoms with Gasteiger partial charge in [-0.1, -0.05) is 41.9 Å². The summed E-state index contributed by atoms with van der Waals surface area (Å²) in [5.74, 6) is 0. The van der Waals surface area contributed by atoms with Gasteiger partial charge in [0.05, 0.1) is 6.21 Å². The number of hydrogen-bond acceptors (Lipinski definition) is 5. The van der Waals surface area contributed by atoms with E-state index in [1.807, 2.05) is 30.3 Å². The Kier molecular flexibility index (Phi) is 2.70. The summed E-state index contributed by atoms with van der Waals surface area (Å²) in [5.41, 5.74) is 1.87. The van der Waals surface area contributed by atoms with Crippen molar-refractivity contribution in [2.24, 2.45) is 5.10 Å². The molecule has 7 heteroatoms. The van der Waals surface area contributed by atoms with E-state index in [-0.39, 0.29) is 5.15 Å². The van der Waals surface area contributed by atoms with Crippen LogP contribution in [0.1, 0.15) is 5.56 Å². The summed E-state index contributed by atoms with van der Waals surface area (Å²) >= 11 is 5.87. The predicted molar refractivity (Wildman–Crippen MR) is 67.6 cm³/mol. The summed E-state index contributed by atoms with van der Waals surface area (Å²) in [6.07, 6.45) is 3.02. The highest BCUT2D eigenvalue weighted by molar-refractivity contribution is 6.33. The fraction of sp³-hybridized carbons (Fsp3) is 0. The maximum atomic E-state index is 5.87. The highest BCUT2D eigenvalue weighted by Crippen LogP contribution is 2.15. The number of nitrogens with zero attached hydrogens (tertiary/aromatic N) is 6. The van der Waals surface area contributed by atoms with Crippen molar-refractivity contribution in [2.75, 3.05) is 0 Å². The van der Waals surface area contributed by atoms with E-state index in [0.29, 0.717) is 11.2 Å². The molecule has 0 radical (unpaired) electrons. The summed E-state index contributed by atoms with van der Waals surface area (Å²) in [6.45, 7) is 0. The van der Waals surface area contributed by atoms with Crippen molar-refractivity contribution in [3.05, 3.63) is 47.4 Å². The molecule has 0 N–H and O–H groups in total. The molecular formula is C11H7ClN6. The normalized spacial score (nSPS) is 11.4. The lowest BCUT2D eigenvalue weighted by Crippen LogP contribution is -1.95. The first-order chi connectivity index (χ1) is 8.84. The maximum Gasteiger partial charge on any atom is 0.208 e. The van der Waals surface area contributed by atoms with E-state index in [0.717, 1.165) is 5.56 Å². The van der Waals surface area contributed by atoms with Crippen molar-refractivity contribution in [3.8, 4) is 0 Å². The summed E-state index contributed by atoms with van der Waals surface area (Å²) in [6, 6.07) is 9.67. The lowest BCUT2D eigenvalue weighted by molar-refractivity contribution is 0.711. The molecule has 3 rings (SSSR count). The Bertz CT molecular complexity index is 706. The minimum absolute atomic E-state index is 0.265. The SMILES string of the molecule is Clc1ncnc2c1nnn2N=Cc1ccccc1. The van der Waals surface area contributed by atoms with Gasteiger partial charge in [-0.3, -0.25) is 0 Å². The molecule has 88 valence electrons. The zero-order chi connectivity index (χ0) is 12.4. The average Bonchev–Trinajstić information content (AvgIpc) is 2.82. The van der Waals surface area contributed by atoms with Crippen LogP contribution in [0.15, 0.2) is 41.8 Å². The van der Waals surface area contributed by atoms with Crippen LogP contribution in [0.4, 0.5) is 0 Å². The van der Waals surface area contributed by atoms with Crippen molar-refractivity contribution in [1.82, 2.24) is 25.1 Å². The molecule has 0 amide bonds. The van der Waals surface area contributed by atoms with Gasteiger partial charge < -0.3 is 0 Å². The minimum Gasteiger partial charge on any atom is -0.222 e. The van der Waals surface area contributed by atoms with Crippen LogP contribution in [0.3, 0.4) is 0 Å². The molecule has 0 aliphatic heterocycles. The van der Waals surface area contributed by atoms with E-state index < -0.39 is 0 Å². The Hall–Kier alpha value is -2.34. The Morgan fingerprint density at radius 1 is 1.17 bits per heavy atom. The highest BCUT2D eigenvalue weighted by atomic mass is 35.5. The number of hydrogen-bond donors (Lipinski definition) is 0. The average molecular weight is 259 g/mol. The first kappa shape index (κ1) is 10.8. The largest absolute Gasteiger partial charge is 0.222 e. The second-order valence-corrected chi connectivity index (χ2v) is 3.83. The van der Waals surface area contributed by atoms with Crippen LogP contribution < -0.4 is 0 Å². The quantitative estimate of drug-likeness (QED) is 0.519. The molecule has 0 atom stereocenters. The van der Waals surface area contributed by atoms with Gasteiger partial charge in [0.1, 0.15) is 6.33 Å². The molecular weight excluding hydrogens is 252 g/mol. The lowest BCUT2D eigenvalue weighted by atomic mass is 10.2. The van der Waals surface area contributed by atoms with Gasteiger partial charge in [-0.25, -0.2) is 9.97 Å². The van der Waals surface area contributed by atoms with Crippen LogP contribution in [0.2, 0.25) is 5.15 Å². The fourth-order valence-corrected chi connectivity index (χ4v) is 1.61. The number of halogens is 1. The molecule has 0 unspecified atom stereocenters. The van der Waals surface area contributed by atoms with Gasteiger partial charge in [-0.05, 0) is 10.8 Å². The summed E-state index contributed by atoms with van der Waals surface area (Å²) in [5, 5.41) is 12.2. The molecule has 2 aromatic heterocycles. The van der Waals surface area contributed by atoms with Gasteiger partial charge >= 0.3 is 0 Å². The summed E-state index contributed by atoms with van der Waals surface area (Å²) < 4.78 is 0. The Morgan fingerprint density at radius 3 is 2.83 bits per heavy atom. The third-order valence-electron chi connectivity index (χ3n) is 2.29. The van der Waals surface area contributed by atoms with Crippen LogP contribution in [0, 0.1) is 0 Å². The Morgan fingerprint density at radius 2 is 2.00 bits per heavy atom. The standard InChI is InChI=1S/C11H7ClN6/c12-10-9-11(14-7-13-10)18(17-16-9)15-6-8-4-2-1-3-5-8/h1-7H. The second-order valence-electron chi connectivity index (χ2n) is 3.47. The van der Waals surface area contributed by atoms with Gasteiger partial charge in [0.15, 0.2) is 10.7 Å². The predicted octanol–water partition coefficient (Wildman–Crippen LogP) is 1.76. The van der Waals surface area contributed by atoms with Crippen LogP contribution in [-0.4, -0.2) is 31.3 Å². The van der Waals surface area contributed by atoms with E-state index in [1.165, 1.54) is 11.1 Å². The molecule has 6 nitrogen and oxygen atoms in total. The topological polar surface area (TPSA) is 68.8 Å². The molecule has 0 fully saturated rings. The summed E-state index contributed by atoms with van der Waals surface area (Å²) in [4.78, 5) is 9.18. The first-order valence-corrected chi connectivity index (χ1v) is 5.54. The van der Waals surface area contributed by atoms with Crippen molar-refractivity contribution in [2.45, 2.75) is 0 Å². The monoisotopic (exact) mass is 258 g/mol. The number of fused-ring (bicyclic) bond motifs is 1. The third-order valence-corrected chi connectivity index (χ3v) is 2.57. The van der Waals surface area contributed by atoms with Crippen molar-refractivity contribution in [3.63, 3.8) is 0 Å². The smallest absolute Gasteiger partial charge is 0.208 e. The summed E-state index contributed by atoms with van der Waals surface area (Å²) in [7, 11) is 0. The van der Waals surface area contributed by atoms with Crippen molar-refractivity contribution >= 4 is 29.0 Å². The van der Waals surface area contributed by atoms with Gasteiger partial charge in [-0.15, -0.1) is 9.89 Å². The zero-order valence-electron chi connectivity index (χ0n) is 9.10. The van der Waals surface area contributed by atoms with Crippen LogP contribution in [-0.2, 0) is 0 Å². The van der Waals surface area contributed by atoms with E-state index in [1.54, 1.807) is 6.21 Å². The van der Waals surface area contributed by atoms with Crippen molar-refractivity contribution < 1.29 is 0 Å². The van der Waals surface area contributed by atoms with Crippen molar-refractivity contribution in [1.29, 1.82) is 0 Å². The Labute approximate surface area is 107 Å². The second kappa shape index (κ2) is 4.50. The van der Waals surface area contributed by atoms with E-state index in [2.05, 4.69) is 25.4 Å². The van der Waals surface area contributed by atoms with Gasteiger partial charge in [0.2, 0.25) is 5.65 Å². The molecule has 0 saturated heterocycles. The zero-order valence-corrected chi connectivity index (χ0v) is 9.86. The number of aromatic nitrogens is 5. The Balaban J connectivity index is 2.01. The highest BCUT2D eigenvalue weighted by Gasteiger charge is 2.08. The maximum absolute atomic E-state index is 5.87. The molecule has 0 aliphatic carbocycles. The molecule has 18 heavy (non-hydrogen) atoms.